The monoisotopic (exact) mass is 153 g/mol. The minimum absolute atomic E-state index is 1.03. The molecule has 11 heavy (non-hydrogen) atoms. The molecule has 1 saturated carbocycles. The van der Waals surface area contributed by atoms with E-state index >= 15 is 0 Å². The topological polar surface area (TPSA) is 12.0 Å². The lowest BCUT2D eigenvalue weighted by Crippen LogP contribution is -2.35. The van der Waals surface area contributed by atoms with Crippen molar-refractivity contribution in [1.82, 2.24) is 5.32 Å². The van der Waals surface area contributed by atoms with Crippen LogP contribution in [0, 0.1) is 11.8 Å². The molecule has 0 aromatic rings. The molecule has 1 aliphatic carbocycles. The van der Waals surface area contributed by atoms with Gasteiger partial charge >= 0.3 is 0 Å². The highest BCUT2D eigenvalue weighted by atomic mass is 14.9. The van der Waals surface area contributed by atoms with Crippen molar-refractivity contribution in [3.8, 4) is 0 Å². The Morgan fingerprint density at radius 1 is 0.818 bits per heavy atom. The summed E-state index contributed by atoms with van der Waals surface area (Å²) in [6, 6.07) is 0. The molecule has 0 unspecified atom stereocenters. The molecule has 64 valence electrons. The molecular formula is C10H19N. The van der Waals surface area contributed by atoms with E-state index in [9.17, 15) is 0 Å². The average molecular weight is 153 g/mol. The van der Waals surface area contributed by atoms with Gasteiger partial charge in [-0.3, -0.25) is 0 Å². The van der Waals surface area contributed by atoms with Gasteiger partial charge < -0.3 is 5.32 Å². The van der Waals surface area contributed by atoms with E-state index in [0.29, 0.717) is 0 Å². The van der Waals surface area contributed by atoms with Crippen molar-refractivity contribution in [3.63, 3.8) is 0 Å². The second kappa shape index (κ2) is 3.57. The Kier molecular flexibility index (Phi) is 2.47. The van der Waals surface area contributed by atoms with E-state index in [2.05, 4.69) is 5.32 Å². The zero-order valence-corrected chi connectivity index (χ0v) is 7.31. The zero-order chi connectivity index (χ0) is 7.52. The van der Waals surface area contributed by atoms with Gasteiger partial charge in [-0.25, -0.2) is 0 Å². The number of fused-ring (bicyclic) bond motifs is 1. The van der Waals surface area contributed by atoms with E-state index in [1.165, 1.54) is 51.6 Å². The fourth-order valence-corrected chi connectivity index (χ4v) is 2.68. The summed E-state index contributed by atoms with van der Waals surface area (Å²) in [4.78, 5) is 0. The summed E-state index contributed by atoms with van der Waals surface area (Å²) in [5.41, 5.74) is 0. The van der Waals surface area contributed by atoms with Gasteiger partial charge in [0.15, 0.2) is 0 Å². The normalized spacial score (nSPS) is 39.3. The summed E-state index contributed by atoms with van der Waals surface area (Å²) in [6.45, 7) is 2.59. The van der Waals surface area contributed by atoms with E-state index in [1.54, 1.807) is 0 Å². The SMILES string of the molecule is C1CC[C@@H]2CCNC[C@H]2CC1. The van der Waals surface area contributed by atoms with Crippen LogP contribution in [0.2, 0.25) is 0 Å². The molecule has 2 aliphatic rings. The van der Waals surface area contributed by atoms with Gasteiger partial charge in [0, 0.05) is 0 Å². The van der Waals surface area contributed by atoms with Crippen LogP contribution in [0.15, 0.2) is 0 Å². The molecule has 1 nitrogen and oxygen atoms in total. The van der Waals surface area contributed by atoms with E-state index < -0.39 is 0 Å². The Hall–Kier alpha value is -0.0400. The van der Waals surface area contributed by atoms with Crippen molar-refractivity contribution < 1.29 is 0 Å². The number of nitrogens with one attached hydrogen (secondary N) is 1. The molecule has 0 radical (unpaired) electrons. The molecule has 0 aromatic heterocycles. The molecule has 2 rings (SSSR count). The average Bonchev–Trinajstić information content (AvgIpc) is 2.28. The maximum absolute atomic E-state index is 3.51. The number of piperidine rings is 1. The van der Waals surface area contributed by atoms with Crippen molar-refractivity contribution >= 4 is 0 Å². The van der Waals surface area contributed by atoms with Gasteiger partial charge in [-0.1, -0.05) is 25.7 Å². The predicted octanol–water partition coefficient (Wildman–Crippen LogP) is 2.18. The Balaban J connectivity index is 1.93. The molecule has 0 bridgehead atoms. The van der Waals surface area contributed by atoms with Gasteiger partial charge in [-0.2, -0.15) is 0 Å². The van der Waals surface area contributed by atoms with Crippen LogP contribution in [0.5, 0.6) is 0 Å². The third kappa shape index (κ3) is 1.76. The molecule has 1 heterocycles. The summed E-state index contributed by atoms with van der Waals surface area (Å²) in [5.74, 6) is 2.12. The van der Waals surface area contributed by atoms with Crippen LogP contribution >= 0.6 is 0 Å². The summed E-state index contributed by atoms with van der Waals surface area (Å²) in [6.07, 6.45) is 8.95. The quantitative estimate of drug-likeness (QED) is 0.562. The Labute approximate surface area is 69.6 Å². The van der Waals surface area contributed by atoms with Crippen LogP contribution in [-0.2, 0) is 0 Å². The second-order valence-corrected chi connectivity index (χ2v) is 4.15. The van der Waals surface area contributed by atoms with Crippen molar-refractivity contribution in [2.75, 3.05) is 13.1 Å². The first-order valence-corrected chi connectivity index (χ1v) is 5.17. The van der Waals surface area contributed by atoms with Gasteiger partial charge in [0.25, 0.3) is 0 Å². The standard InChI is InChI=1S/C10H19N/c1-2-4-9-6-7-11-8-10(9)5-3-1/h9-11H,1-8H2/t9-,10-/m1/s1. The maximum atomic E-state index is 3.51. The molecule has 1 N–H and O–H groups in total. The summed E-state index contributed by atoms with van der Waals surface area (Å²) in [7, 11) is 0. The van der Waals surface area contributed by atoms with Gasteiger partial charge in [0.2, 0.25) is 0 Å². The zero-order valence-electron chi connectivity index (χ0n) is 7.31. The minimum Gasteiger partial charge on any atom is -0.316 e. The molecule has 0 spiro atoms. The summed E-state index contributed by atoms with van der Waals surface area (Å²) < 4.78 is 0. The van der Waals surface area contributed by atoms with Crippen LogP contribution < -0.4 is 5.32 Å². The fraction of sp³-hybridized carbons (Fsp3) is 1.00. The minimum atomic E-state index is 1.03. The largest absolute Gasteiger partial charge is 0.316 e. The first kappa shape index (κ1) is 7.60. The molecule has 1 aliphatic heterocycles. The van der Waals surface area contributed by atoms with Crippen LogP contribution in [0.1, 0.15) is 38.5 Å². The molecule has 0 aromatic carbocycles. The van der Waals surface area contributed by atoms with E-state index in [1.807, 2.05) is 0 Å². The van der Waals surface area contributed by atoms with Gasteiger partial charge in [0.05, 0.1) is 0 Å². The van der Waals surface area contributed by atoms with Crippen LogP contribution in [0.4, 0.5) is 0 Å². The highest BCUT2D eigenvalue weighted by Crippen LogP contribution is 2.32. The van der Waals surface area contributed by atoms with Crippen molar-refractivity contribution in [2.45, 2.75) is 38.5 Å². The lowest BCUT2D eigenvalue weighted by molar-refractivity contribution is 0.241. The van der Waals surface area contributed by atoms with Crippen LogP contribution in [0.3, 0.4) is 0 Å². The lowest BCUT2D eigenvalue weighted by atomic mass is 9.83. The number of hydrogen-bond acceptors (Lipinski definition) is 1. The molecule has 1 saturated heterocycles. The molecule has 2 fully saturated rings. The Morgan fingerprint density at radius 2 is 1.64 bits per heavy atom. The van der Waals surface area contributed by atoms with E-state index in [4.69, 9.17) is 0 Å². The molecule has 2 atom stereocenters. The Morgan fingerprint density at radius 3 is 2.55 bits per heavy atom. The predicted molar refractivity (Wildman–Crippen MR) is 47.6 cm³/mol. The summed E-state index contributed by atoms with van der Waals surface area (Å²) in [5, 5.41) is 3.51. The van der Waals surface area contributed by atoms with Crippen molar-refractivity contribution in [2.24, 2.45) is 11.8 Å². The van der Waals surface area contributed by atoms with Gasteiger partial charge in [0.1, 0.15) is 0 Å². The van der Waals surface area contributed by atoms with Crippen molar-refractivity contribution in [3.05, 3.63) is 0 Å². The van der Waals surface area contributed by atoms with Gasteiger partial charge in [-0.05, 0) is 37.8 Å². The van der Waals surface area contributed by atoms with Crippen LogP contribution in [-0.4, -0.2) is 13.1 Å². The smallest absolute Gasteiger partial charge is 0.00179 e. The fourth-order valence-electron chi connectivity index (χ4n) is 2.68. The lowest BCUT2D eigenvalue weighted by Gasteiger charge is -2.30. The maximum Gasteiger partial charge on any atom is -0.00179 e. The molecule has 1 heteroatoms. The van der Waals surface area contributed by atoms with Crippen molar-refractivity contribution in [1.29, 1.82) is 0 Å². The molecular weight excluding hydrogens is 134 g/mol. The van der Waals surface area contributed by atoms with E-state index in [-0.39, 0.29) is 0 Å². The third-order valence-electron chi connectivity index (χ3n) is 3.41. The third-order valence-corrected chi connectivity index (χ3v) is 3.41. The highest BCUT2D eigenvalue weighted by Gasteiger charge is 2.25. The first-order chi connectivity index (χ1) is 5.47. The number of rotatable bonds is 0. The summed E-state index contributed by atoms with van der Waals surface area (Å²) >= 11 is 0. The van der Waals surface area contributed by atoms with Gasteiger partial charge in [-0.15, -0.1) is 0 Å². The second-order valence-electron chi connectivity index (χ2n) is 4.15. The van der Waals surface area contributed by atoms with Crippen LogP contribution in [0.25, 0.3) is 0 Å². The first-order valence-electron chi connectivity index (χ1n) is 5.17. The molecule has 0 amide bonds. The Bertz CT molecular complexity index is 108. The number of hydrogen-bond donors (Lipinski definition) is 1. The highest BCUT2D eigenvalue weighted by molar-refractivity contribution is 4.79. The van der Waals surface area contributed by atoms with E-state index in [0.717, 1.165) is 11.8 Å².